The molecule has 1 aliphatic rings. The van der Waals surface area contributed by atoms with Gasteiger partial charge in [-0.05, 0) is 38.5 Å². The Morgan fingerprint density at radius 2 is 1.62 bits per heavy atom. The lowest BCUT2D eigenvalue weighted by Crippen LogP contribution is -2.43. The fourth-order valence-corrected chi connectivity index (χ4v) is 3.42. The third-order valence-electron chi connectivity index (χ3n) is 4.81. The van der Waals surface area contributed by atoms with Crippen LogP contribution in [0.4, 0.5) is 0 Å². The first-order valence-electron chi connectivity index (χ1n) is 9.27. The molecule has 0 saturated carbocycles. The molecule has 2 aromatic carbocycles. The van der Waals surface area contributed by atoms with Crippen LogP contribution in [-0.4, -0.2) is 43.7 Å². The largest absolute Gasteiger partial charge is 0.379 e. The smallest absolute Gasteiger partial charge is 0.251 e. The molecule has 0 bridgehead atoms. The molecule has 1 unspecified atom stereocenters. The van der Waals surface area contributed by atoms with Crippen molar-refractivity contribution in [1.29, 1.82) is 0 Å². The minimum atomic E-state index is -0.0398. The van der Waals surface area contributed by atoms with Crippen LogP contribution in [0, 0.1) is 20.8 Å². The van der Waals surface area contributed by atoms with Crippen LogP contribution >= 0.6 is 0 Å². The van der Waals surface area contributed by atoms with E-state index in [-0.39, 0.29) is 11.9 Å². The van der Waals surface area contributed by atoms with E-state index in [1.165, 1.54) is 5.56 Å². The highest BCUT2D eigenvalue weighted by atomic mass is 16.5. The first-order valence-corrected chi connectivity index (χ1v) is 9.27. The molecule has 0 radical (unpaired) electrons. The number of rotatable bonds is 5. The number of ether oxygens (including phenoxy) is 1. The van der Waals surface area contributed by atoms with Gasteiger partial charge < -0.3 is 10.1 Å². The Kier molecular flexibility index (Phi) is 6.07. The molecule has 1 atom stereocenters. The molecule has 0 aliphatic carbocycles. The third-order valence-corrected chi connectivity index (χ3v) is 4.81. The van der Waals surface area contributed by atoms with Crippen molar-refractivity contribution in [2.75, 3.05) is 32.8 Å². The van der Waals surface area contributed by atoms with Crippen LogP contribution in [0.1, 0.15) is 38.7 Å². The highest BCUT2D eigenvalue weighted by Gasteiger charge is 2.21. The van der Waals surface area contributed by atoms with Gasteiger partial charge in [0.05, 0.1) is 19.3 Å². The first-order chi connectivity index (χ1) is 12.5. The zero-order valence-electron chi connectivity index (χ0n) is 15.9. The number of amides is 1. The van der Waals surface area contributed by atoms with Gasteiger partial charge in [-0.25, -0.2) is 0 Å². The molecule has 1 aliphatic heterocycles. The molecule has 1 N–H and O–H groups in total. The fraction of sp³-hybridized carbons (Fsp3) is 0.409. The molecule has 1 fully saturated rings. The van der Waals surface area contributed by atoms with Gasteiger partial charge >= 0.3 is 0 Å². The van der Waals surface area contributed by atoms with E-state index in [0.717, 1.165) is 55.1 Å². The van der Waals surface area contributed by atoms with Gasteiger partial charge in [-0.15, -0.1) is 0 Å². The average Bonchev–Trinajstić information content (AvgIpc) is 2.62. The van der Waals surface area contributed by atoms with Crippen LogP contribution in [0.5, 0.6) is 0 Å². The molecular formula is C22H28N2O2. The Bertz CT molecular complexity index is 729. The van der Waals surface area contributed by atoms with Crippen molar-refractivity contribution < 1.29 is 9.53 Å². The number of hydrogen-bond donors (Lipinski definition) is 1. The molecule has 0 spiro atoms. The molecule has 2 aromatic rings. The molecule has 4 heteroatoms. The summed E-state index contributed by atoms with van der Waals surface area (Å²) in [5.74, 6) is -0.0179. The number of benzene rings is 2. The van der Waals surface area contributed by atoms with E-state index in [1.807, 2.05) is 26.0 Å². The Morgan fingerprint density at radius 1 is 1.00 bits per heavy atom. The van der Waals surface area contributed by atoms with E-state index in [9.17, 15) is 4.79 Å². The lowest BCUT2D eigenvalue weighted by Gasteiger charge is -2.31. The number of aryl methyl sites for hydroxylation is 3. The third kappa shape index (κ3) is 4.93. The van der Waals surface area contributed by atoms with Crippen molar-refractivity contribution in [3.63, 3.8) is 0 Å². The summed E-state index contributed by atoms with van der Waals surface area (Å²) in [6.45, 7) is 10.2. The maximum Gasteiger partial charge on any atom is 0.251 e. The standard InChI is InChI=1S/C22H28N2O2/c1-16-4-6-19(7-5-16)21(15-24-8-10-26-11-9-24)23-22(25)20-13-17(2)12-18(3)14-20/h4-7,12-14,21H,8-11,15H2,1-3H3,(H,23,25). The summed E-state index contributed by atoms with van der Waals surface area (Å²) in [5, 5.41) is 3.25. The van der Waals surface area contributed by atoms with Crippen molar-refractivity contribution in [1.82, 2.24) is 10.2 Å². The van der Waals surface area contributed by atoms with Gasteiger partial charge in [0.15, 0.2) is 0 Å². The quantitative estimate of drug-likeness (QED) is 0.896. The van der Waals surface area contributed by atoms with Gasteiger partial charge in [0.1, 0.15) is 0 Å². The lowest BCUT2D eigenvalue weighted by molar-refractivity contribution is 0.0332. The molecule has 26 heavy (non-hydrogen) atoms. The summed E-state index contributed by atoms with van der Waals surface area (Å²) in [6.07, 6.45) is 0. The number of nitrogens with one attached hydrogen (secondary N) is 1. The van der Waals surface area contributed by atoms with Crippen LogP contribution in [-0.2, 0) is 4.74 Å². The monoisotopic (exact) mass is 352 g/mol. The Labute approximate surface area is 156 Å². The van der Waals surface area contributed by atoms with Gasteiger partial charge in [0, 0.05) is 25.2 Å². The fourth-order valence-electron chi connectivity index (χ4n) is 3.42. The molecule has 3 rings (SSSR count). The second-order valence-electron chi connectivity index (χ2n) is 7.23. The highest BCUT2D eigenvalue weighted by molar-refractivity contribution is 5.94. The topological polar surface area (TPSA) is 41.6 Å². The maximum atomic E-state index is 12.9. The number of carbonyl (C=O) groups is 1. The second kappa shape index (κ2) is 8.47. The minimum absolute atomic E-state index is 0.0179. The summed E-state index contributed by atoms with van der Waals surface area (Å²) in [5.41, 5.74) is 5.30. The van der Waals surface area contributed by atoms with E-state index in [4.69, 9.17) is 4.74 Å². The summed E-state index contributed by atoms with van der Waals surface area (Å²) >= 11 is 0. The van der Waals surface area contributed by atoms with Crippen LogP contribution < -0.4 is 5.32 Å². The van der Waals surface area contributed by atoms with E-state index in [1.54, 1.807) is 0 Å². The predicted molar refractivity (Wildman–Crippen MR) is 105 cm³/mol. The maximum absolute atomic E-state index is 12.9. The van der Waals surface area contributed by atoms with E-state index in [2.05, 4.69) is 47.5 Å². The van der Waals surface area contributed by atoms with E-state index in [0.29, 0.717) is 0 Å². The Morgan fingerprint density at radius 3 is 2.23 bits per heavy atom. The number of carbonyl (C=O) groups excluding carboxylic acids is 1. The minimum Gasteiger partial charge on any atom is -0.379 e. The molecule has 1 amide bonds. The zero-order chi connectivity index (χ0) is 18.5. The summed E-state index contributed by atoms with van der Waals surface area (Å²) < 4.78 is 5.45. The molecule has 138 valence electrons. The molecule has 0 aromatic heterocycles. The Balaban J connectivity index is 1.79. The molecule has 1 saturated heterocycles. The van der Waals surface area contributed by atoms with Crippen LogP contribution in [0.15, 0.2) is 42.5 Å². The van der Waals surface area contributed by atoms with Crippen molar-refractivity contribution in [3.8, 4) is 0 Å². The van der Waals surface area contributed by atoms with Crippen LogP contribution in [0.3, 0.4) is 0 Å². The molecular weight excluding hydrogens is 324 g/mol. The summed E-state index contributed by atoms with van der Waals surface area (Å²) in [6, 6.07) is 14.4. The summed E-state index contributed by atoms with van der Waals surface area (Å²) in [7, 11) is 0. The van der Waals surface area contributed by atoms with Crippen molar-refractivity contribution in [3.05, 3.63) is 70.3 Å². The number of hydrogen-bond acceptors (Lipinski definition) is 3. The van der Waals surface area contributed by atoms with Gasteiger partial charge in [-0.3, -0.25) is 9.69 Å². The second-order valence-corrected chi connectivity index (χ2v) is 7.23. The molecule has 1 heterocycles. The lowest BCUT2D eigenvalue weighted by atomic mass is 10.0. The van der Waals surface area contributed by atoms with Crippen LogP contribution in [0.2, 0.25) is 0 Å². The normalized spacial score (nSPS) is 16.3. The number of nitrogens with zero attached hydrogens (tertiary/aromatic N) is 1. The van der Waals surface area contributed by atoms with E-state index >= 15 is 0 Å². The van der Waals surface area contributed by atoms with Gasteiger partial charge in [-0.2, -0.15) is 0 Å². The van der Waals surface area contributed by atoms with Gasteiger partial charge in [-0.1, -0.05) is 47.0 Å². The van der Waals surface area contributed by atoms with Gasteiger partial charge in [0.2, 0.25) is 0 Å². The highest BCUT2D eigenvalue weighted by Crippen LogP contribution is 2.18. The van der Waals surface area contributed by atoms with Gasteiger partial charge in [0.25, 0.3) is 5.91 Å². The van der Waals surface area contributed by atoms with Crippen molar-refractivity contribution >= 4 is 5.91 Å². The van der Waals surface area contributed by atoms with Crippen molar-refractivity contribution in [2.24, 2.45) is 0 Å². The first kappa shape index (κ1) is 18.6. The van der Waals surface area contributed by atoms with Crippen molar-refractivity contribution in [2.45, 2.75) is 26.8 Å². The SMILES string of the molecule is Cc1ccc(C(CN2CCOCC2)NC(=O)c2cc(C)cc(C)c2)cc1. The number of morpholine rings is 1. The molecule has 4 nitrogen and oxygen atoms in total. The zero-order valence-corrected chi connectivity index (χ0v) is 15.9. The average molecular weight is 352 g/mol. The van der Waals surface area contributed by atoms with Crippen LogP contribution in [0.25, 0.3) is 0 Å². The summed E-state index contributed by atoms with van der Waals surface area (Å²) in [4.78, 5) is 15.2. The Hall–Kier alpha value is -2.17. The van der Waals surface area contributed by atoms with E-state index < -0.39 is 0 Å². The predicted octanol–water partition coefficient (Wildman–Crippen LogP) is 3.42.